The van der Waals surface area contributed by atoms with E-state index in [1.165, 1.54) is 58.8 Å². The number of nitrogens with one attached hydrogen (secondary N) is 1. The van der Waals surface area contributed by atoms with Crippen molar-refractivity contribution in [2.45, 2.75) is 16.1 Å². The van der Waals surface area contributed by atoms with E-state index in [-0.39, 0.29) is 5.92 Å². The van der Waals surface area contributed by atoms with Crippen molar-refractivity contribution in [1.82, 2.24) is 0 Å². The van der Waals surface area contributed by atoms with Gasteiger partial charge in [-0.3, -0.25) is 0 Å². The summed E-state index contributed by atoms with van der Waals surface area (Å²) in [6, 6.07) is 52.5. The molecule has 0 saturated carbocycles. The Morgan fingerprint density at radius 1 is 0.587 bits per heavy atom. The number of benzene rings is 6. The number of thioether (sulfide) groups is 1. The highest BCUT2D eigenvalue weighted by Crippen LogP contribution is 2.53. The number of rotatable bonds is 6. The Morgan fingerprint density at radius 3 is 2.15 bits per heavy atom. The Labute approximate surface area is 277 Å². The van der Waals surface area contributed by atoms with Gasteiger partial charge in [0.25, 0.3) is 0 Å². The van der Waals surface area contributed by atoms with E-state index in [0.717, 1.165) is 11.4 Å². The molecule has 4 heteroatoms. The number of allylic oxidation sites excluding steroid dienone is 2. The van der Waals surface area contributed by atoms with Crippen LogP contribution in [-0.4, -0.2) is 5.25 Å². The molecule has 1 aromatic heterocycles. The zero-order chi connectivity index (χ0) is 30.5. The molecule has 1 N–H and O–H groups in total. The van der Waals surface area contributed by atoms with Gasteiger partial charge < -0.3 is 10.2 Å². The number of fused-ring (bicyclic) bond motifs is 6. The lowest BCUT2D eigenvalue weighted by Gasteiger charge is -2.31. The first-order valence-electron chi connectivity index (χ1n) is 15.7. The summed E-state index contributed by atoms with van der Waals surface area (Å²) in [5, 5.41) is 6.70. The molecule has 7 aromatic rings. The lowest BCUT2D eigenvalue weighted by atomic mass is 9.89. The molecule has 2 heterocycles. The van der Waals surface area contributed by atoms with Crippen molar-refractivity contribution >= 4 is 66.0 Å². The van der Waals surface area contributed by atoms with Crippen LogP contribution in [0.5, 0.6) is 0 Å². The van der Waals surface area contributed by atoms with Gasteiger partial charge in [-0.2, -0.15) is 0 Å². The van der Waals surface area contributed by atoms with Crippen LogP contribution in [0.2, 0.25) is 0 Å². The first-order valence-corrected chi connectivity index (χ1v) is 17.4. The van der Waals surface area contributed by atoms with Gasteiger partial charge in [0.1, 0.15) is 0 Å². The van der Waals surface area contributed by atoms with Crippen molar-refractivity contribution in [3.8, 4) is 11.1 Å². The Kier molecular flexibility index (Phi) is 6.76. The van der Waals surface area contributed by atoms with E-state index < -0.39 is 0 Å². The number of hydrogen-bond donors (Lipinski definition) is 1. The molecule has 6 aromatic carbocycles. The Balaban J connectivity index is 1.17. The van der Waals surface area contributed by atoms with Gasteiger partial charge in [-0.15, -0.1) is 23.1 Å². The van der Waals surface area contributed by atoms with Gasteiger partial charge in [-0.05, 0) is 83.4 Å². The molecule has 0 amide bonds. The Morgan fingerprint density at radius 2 is 1.30 bits per heavy atom. The van der Waals surface area contributed by atoms with Gasteiger partial charge in [-0.1, -0.05) is 97.1 Å². The van der Waals surface area contributed by atoms with Gasteiger partial charge in [0.05, 0.1) is 0 Å². The van der Waals surface area contributed by atoms with E-state index in [0.29, 0.717) is 5.25 Å². The molecule has 0 fully saturated rings. The number of para-hydroxylation sites is 1. The van der Waals surface area contributed by atoms with E-state index in [2.05, 4.69) is 174 Å². The SMILES string of the molecule is C1=CC2Sc3cccc(Nc4ccccc4)c3C2C=C1N(c1ccc(-c2ccccc2)cc1)c1ccc2sc3ccccc3c2c1. The maximum atomic E-state index is 3.72. The summed E-state index contributed by atoms with van der Waals surface area (Å²) in [5.41, 5.74) is 9.61. The summed E-state index contributed by atoms with van der Waals surface area (Å²) in [4.78, 5) is 3.78. The predicted molar refractivity (Wildman–Crippen MR) is 199 cm³/mol. The molecule has 1 aliphatic carbocycles. The highest BCUT2D eigenvalue weighted by molar-refractivity contribution is 8.00. The summed E-state index contributed by atoms with van der Waals surface area (Å²) in [6.07, 6.45) is 7.22. The first kappa shape index (κ1) is 27.3. The molecule has 1 aliphatic heterocycles. The second kappa shape index (κ2) is 11.4. The molecule has 0 saturated heterocycles. The van der Waals surface area contributed by atoms with Crippen LogP contribution in [0.4, 0.5) is 22.7 Å². The zero-order valence-electron chi connectivity index (χ0n) is 25.0. The van der Waals surface area contributed by atoms with Crippen molar-refractivity contribution in [3.63, 3.8) is 0 Å². The smallest absolute Gasteiger partial charge is 0.0468 e. The monoisotopic (exact) mass is 626 g/mol. The summed E-state index contributed by atoms with van der Waals surface area (Å²) in [7, 11) is 0. The molecule has 0 spiro atoms. The Bertz CT molecular complexity index is 2270. The summed E-state index contributed by atoms with van der Waals surface area (Å²) in [5.74, 6) is 0.254. The number of hydrogen-bond acceptors (Lipinski definition) is 4. The van der Waals surface area contributed by atoms with Gasteiger partial charge in [0.2, 0.25) is 0 Å². The van der Waals surface area contributed by atoms with Crippen LogP contribution in [0, 0.1) is 0 Å². The van der Waals surface area contributed by atoms with E-state index in [1.807, 2.05) is 23.1 Å². The zero-order valence-corrected chi connectivity index (χ0v) is 26.6. The summed E-state index contributed by atoms with van der Waals surface area (Å²) >= 11 is 3.83. The minimum absolute atomic E-state index is 0.254. The molecule has 0 bridgehead atoms. The van der Waals surface area contributed by atoms with Crippen molar-refractivity contribution < 1.29 is 0 Å². The van der Waals surface area contributed by atoms with Crippen molar-refractivity contribution in [2.24, 2.45) is 0 Å². The van der Waals surface area contributed by atoms with Gasteiger partial charge in [0.15, 0.2) is 0 Å². The van der Waals surface area contributed by atoms with Crippen LogP contribution in [0.25, 0.3) is 31.3 Å². The first-order chi connectivity index (χ1) is 22.8. The van der Waals surface area contributed by atoms with Crippen molar-refractivity contribution in [3.05, 3.63) is 175 Å². The van der Waals surface area contributed by atoms with Gasteiger partial charge in [0, 0.05) is 64.7 Å². The van der Waals surface area contributed by atoms with E-state index in [9.17, 15) is 0 Å². The fourth-order valence-electron chi connectivity index (χ4n) is 6.81. The lowest BCUT2D eigenvalue weighted by Crippen LogP contribution is -2.20. The third kappa shape index (κ3) is 4.82. The van der Waals surface area contributed by atoms with E-state index in [1.54, 1.807) is 0 Å². The largest absolute Gasteiger partial charge is 0.355 e. The second-order valence-corrected chi connectivity index (χ2v) is 14.1. The van der Waals surface area contributed by atoms with Crippen molar-refractivity contribution in [2.75, 3.05) is 10.2 Å². The molecule has 2 nitrogen and oxygen atoms in total. The Hall–Kier alpha value is -5.03. The third-order valence-corrected chi connectivity index (χ3v) is 11.5. The fraction of sp³-hybridized carbons (Fsp3) is 0.0476. The molecular weight excluding hydrogens is 597 g/mol. The average Bonchev–Trinajstić information content (AvgIpc) is 3.68. The summed E-state index contributed by atoms with van der Waals surface area (Å²) < 4.78 is 2.64. The summed E-state index contributed by atoms with van der Waals surface area (Å²) in [6.45, 7) is 0. The average molecular weight is 627 g/mol. The molecule has 0 radical (unpaired) electrons. The second-order valence-electron chi connectivity index (χ2n) is 11.8. The van der Waals surface area contributed by atoms with Crippen LogP contribution >= 0.6 is 23.1 Å². The third-order valence-electron chi connectivity index (χ3n) is 8.99. The topological polar surface area (TPSA) is 15.3 Å². The highest BCUT2D eigenvalue weighted by atomic mass is 32.2. The quantitative estimate of drug-likeness (QED) is 0.198. The van der Waals surface area contributed by atoms with Gasteiger partial charge in [-0.25, -0.2) is 0 Å². The van der Waals surface area contributed by atoms with Crippen LogP contribution in [0.15, 0.2) is 174 Å². The molecule has 2 unspecified atom stereocenters. The molecule has 2 aliphatic rings. The maximum absolute atomic E-state index is 3.72. The lowest BCUT2D eigenvalue weighted by molar-refractivity contribution is 0.865. The van der Waals surface area contributed by atoms with E-state index in [4.69, 9.17) is 0 Å². The number of anilines is 4. The molecule has 220 valence electrons. The molecule has 9 rings (SSSR count). The standard InChI is InChI=1S/C42H30N2S2/c1-3-10-28(11-4-1)29-18-20-31(21-19-29)44(32-22-24-39-35(26-32)34-14-7-8-16-38(34)45-39)33-23-25-40-36(27-33)42-37(15-9-17-41(42)46-40)43-30-12-5-2-6-13-30/h1-27,36,40,43H. The number of thiophene rings is 1. The molecule has 46 heavy (non-hydrogen) atoms. The van der Waals surface area contributed by atoms with Crippen LogP contribution in [0.1, 0.15) is 11.5 Å². The normalized spacial score (nSPS) is 16.7. The minimum atomic E-state index is 0.254. The minimum Gasteiger partial charge on any atom is -0.355 e. The molecule has 2 atom stereocenters. The van der Waals surface area contributed by atoms with Gasteiger partial charge >= 0.3 is 0 Å². The van der Waals surface area contributed by atoms with Crippen molar-refractivity contribution in [1.29, 1.82) is 0 Å². The highest BCUT2D eigenvalue weighted by Gasteiger charge is 2.35. The predicted octanol–water partition coefficient (Wildman–Crippen LogP) is 12.3. The van der Waals surface area contributed by atoms with Crippen LogP contribution in [-0.2, 0) is 0 Å². The van der Waals surface area contributed by atoms with E-state index >= 15 is 0 Å². The number of nitrogens with zero attached hydrogens (tertiary/aromatic N) is 1. The fourth-order valence-corrected chi connectivity index (χ4v) is 9.24. The molecular formula is C42H30N2S2. The van der Waals surface area contributed by atoms with Crippen LogP contribution in [0.3, 0.4) is 0 Å². The maximum Gasteiger partial charge on any atom is 0.0468 e. The van der Waals surface area contributed by atoms with Crippen LogP contribution < -0.4 is 10.2 Å².